The second-order valence-corrected chi connectivity index (χ2v) is 6.24. The van der Waals surface area contributed by atoms with E-state index in [1.54, 1.807) is 4.90 Å². The highest BCUT2D eigenvalue weighted by atomic mass is 16.5. The summed E-state index contributed by atoms with van der Waals surface area (Å²) in [4.78, 5) is 14.0. The number of nitrogens with two attached hydrogens (primary N) is 1. The van der Waals surface area contributed by atoms with Crippen LogP contribution in [0.4, 0.5) is 5.69 Å². The highest BCUT2D eigenvalue weighted by Gasteiger charge is 2.26. The molecule has 2 N–H and O–H groups in total. The number of benzene rings is 2. The molecule has 0 saturated heterocycles. The molecule has 0 aromatic heterocycles. The number of ether oxygens (including phenoxy) is 2. The Balaban J connectivity index is 1.74. The van der Waals surface area contributed by atoms with Gasteiger partial charge in [0.25, 0.3) is 5.91 Å². The maximum Gasteiger partial charge on any atom is 0.265 e. The Bertz CT molecular complexity index is 760. The van der Waals surface area contributed by atoms with Gasteiger partial charge in [0.15, 0.2) is 6.61 Å². The van der Waals surface area contributed by atoms with Crippen LogP contribution in [0.5, 0.6) is 11.5 Å². The number of rotatable bonds is 6. The summed E-state index contributed by atoms with van der Waals surface area (Å²) in [5, 5.41) is 0. The van der Waals surface area contributed by atoms with Crippen LogP contribution in [0.25, 0.3) is 0 Å². The van der Waals surface area contributed by atoms with E-state index < -0.39 is 0 Å². The van der Waals surface area contributed by atoms with Crippen LogP contribution >= 0.6 is 0 Å². The number of anilines is 1. The summed E-state index contributed by atoms with van der Waals surface area (Å²) in [5.74, 6) is 1.45. The quantitative estimate of drug-likeness (QED) is 0.877. The topological polar surface area (TPSA) is 64.8 Å². The van der Waals surface area contributed by atoms with Crippen molar-refractivity contribution >= 4 is 11.6 Å². The van der Waals surface area contributed by atoms with Gasteiger partial charge in [-0.3, -0.25) is 4.79 Å². The van der Waals surface area contributed by atoms with Gasteiger partial charge in [0.1, 0.15) is 18.1 Å². The van der Waals surface area contributed by atoms with Gasteiger partial charge < -0.3 is 20.1 Å². The first-order chi connectivity index (χ1) is 12.1. The van der Waals surface area contributed by atoms with Crippen molar-refractivity contribution in [1.82, 2.24) is 0 Å². The Hall–Kier alpha value is -2.53. The molecule has 0 aliphatic carbocycles. The van der Waals surface area contributed by atoms with E-state index in [-0.39, 0.29) is 18.6 Å². The molecule has 2 aromatic rings. The van der Waals surface area contributed by atoms with Gasteiger partial charge in [-0.2, -0.15) is 0 Å². The number of carbonyl (C=O) groups excluding carboxylic acids is 1. The molecule has 132 valence electrons. The Kier molecular flexibility index (Phi) is 5.24. The van der Waals surface area contributed by atoms with Gasteiger partial charge in [-0.05, 0) is 48.7 Å². The summed E-state index contributed by atoms with van der Waals surface area (Å²) >= 11 is 0. The number of nitrogens with zero attached hydrogens (tertiary/aromatic N) is 1. The lowest BCUT2D eigenvalue weighted by atomic mass is 10.0. The Morgan fingerprint density at radius 3 is 2.88 bits per heavy atom. The number of hydrogen-bond donors (Lipinski definition) is 1. The lowest BCUT2D eigenvalue weighted by Gasteiger charge is -2.30. The van der Waals surface area contributed by atoms with Crippen molar-refractivity contribution in [3.63, 3.8) is 0 Å². The van der Waals surface area contributed by atoms with E-state index in [1.807, 2.05) is 56.3 Å². The molecule has 25 heavy (non-hydrogen) atoms. The summed E-state index contributed by atoms with van der Waals surface area (Å²) in [5.41, 5.74) is 9.04. The van der Waals surface area contributed by atoms with Gasteiger partial charge in [0.05, 0.1) is 12.2 Å². The summed E-state index contributed by atoms with van der Waals surface area (Å²) in [6.45, 7) is 5.00. The van der Waals surface area contributed by atoms with E-state index in [1.165, 1.54) is 0 Å². The molecule has 1 amide bonds. The fourth-order valence-electron chi connectivity index (χ4n) is 2.89. The van der Waals surface area contributed by atoms with Gasteiger partial charge >= 0.3 is 0 Å². The van der Waals surface area contributed by atoms with Crippen LogP contribution in [-0.2, 0) is 4.79 Å². The molecular weight excluding hydrogens is 316 g/mol. The Morgan fingerprint density at radius 1 is 1.28 bits per heavy atom. The van der Waals surface area contributed by atoms with E-state index in [0.29, 0.717) is 18.9 Å². The smallest absolute Gasteiger partial charge is 0.265 e. The first-order valence-corrected chi connectivity index (χ1v) is 8.60. The average molecular weight is 340 g/mol. The van der Waals surface area contributed by atoms with E-state index >= 15 is 0 Å². The van der Waals surface area contributed by atoms with Crippen molar-refractivity contribution in [2.45, 2.75) is 26.3 Å². The van der Waals surface area contributed by atoms with Crippen LogP contribution in [0.15, 0.2) is 42.5 Å². The minimum absolute atomic E-state index is 0.0484. The molecule has 0 spiro atoms. The maximum atomic E-state index is 12.3. The Morgan fingerprint density at radius 2 is 2.12 bits per heavy atom. The van der Waals surface area contributed by atoms with Gasteiger partial charge in [-0.1, -0.05) is 25.1 Å². The molecule has 1 unspecified atom stereocenters. The third kappa shape index (κ3) is 3.94. The number of amides is 1. The van der Waals surface area contributed by atoms with E-state index in [4.69, 9.17) is 15.2 Å². The van der Waals surface area contributed by atoms with E-state index in [9.17, 15) is 4.79 Å². The predicted octanol–water partition coefficient (Wildman–Crippen LogP) is 3.21. The van der Waals surface area contributed by atoms with Crippen LogP contribution in [0.2, 0.25) is 0 Å². The molecular formula is C20H24N2O3. The molecule has 1 aliphatic rings. The van der Waals surface area contributed by atoms with Gasteiger partial charge in [0.2, 0.25) is 0 Å². The van der Waals surface area contributed by atoms with Crippen LogP contribution in [0.1, 0.15) is 30.5 Å². The molecule has 1 atom stereocenters. The second-order valence-electron chi connectivity index (χ2n) is 6.24. The molecule has 0 bridgehead atoms. The minimum atomic E-state index is -0.0671. The lowest BCUT2D eigenvalue weighted by molar-refractivity contribution is -0.121. The molecule has 0 saturated carbocycles. The fraction of sp³-hybridized carbons (Fsp3) is 0.350. The largest absolute Gasteiger partial charge is 0.492 e. The fourth-order valence-corrected chi connectivity index (χ4v) is 2.89. The summed E-state index contributed by atoms with van der Waals surface area (Å²) in [7, 11) is 0. The third-order valence-electron chi connectivity index (χ3n) is 4.37. The van der Waals surface area contributed by atoms with E-state index in [0.717, 1.165) is 29.0 Å². The van der Waals surface area contributed by atoms with Crippen molar-refractivity contribution in [2.24, 2.45) is 5.73 Å². The van der Waals surface area contributed by atoms with Crippen LogP contribution in [-0.4, -0.2) is 25.7 Å². The molecule has 3 rings (SSSR count). The maximum absolute atomic E-state index is 12.3. The molecule has 5 heteroatoms. The average Bonchev–Trinajstić information content (AvgIpc) is 2.62. The molecule has 2 aromatic carbocycles. The third-order valence-corrected chi connectivity index (χ3v) is 4.37. The summed E-state index contributed by atoms with van der Waals surface area (Å²) < 4.78 is 11.3. The first-order valence-electron chi connectivity index (χ1n) is 8.60. The van der Waals surface area contributed by atoms with Gasteiger partial charge in [0, 0.05) is 6.04 Å². The zero-order valence-electron chi connectivity index (χ0n) is 14.7. The van der Waals surface area contributed by atoms with Gasteiger partial charge in [-0.25, -0.2) is 0 Å². The standard InChI is InChI=1S/C20H24N2O3/c1-3-17(21)15-7-8-19-18(12-15)22(20(23)13-25-19)9-10-24-16-6-4-5-14(2)11-16/h4-8,11-12,17H,3,9-10,13,21H2,1-2H3. The predicted molar refractivity (Wildman–Crippen MR) is 98.2 cm³/mol. The van der Waals surface area contributed by atoms with Crippen LogP contribution < -0.4 is 20.1 Å². The summed E-state index contributed by atoms with van der Waals surface area (Å²) in [6.07, 6.45) is 0.837. The lowest BCUT2D eigenvalue weighted by Crippen LogP contribution is -2.41. The zero-order chi connectivity index (χ0) is 17.8. The number of fused-ring (bicyclic) bond motifs is 1. The number of hydrogen-bond acceptors (Lipinski definition) is 4. The van der Waals surface area contributed by atoms with Crippen LogP contribution in [0.3, 0.4) is 0 Å². The molecule has 1 aliphatic heterocycles. The Labute approximate surface area is 148 Å². The SMILES string of the molecule is CCC(N)c1ccc2c(c1)N(CCOc1cccc(C)c1)C(=O)CO2. The van der Waals surface area contributed by atoms with Gasteiger partial charge in [-0.15, -0.1) is 0 Å². The highest BCUT2D eigenvalue weighted by molar-refractivity contribution is 5.97. The highest BCUT2D eigenvalue weighted by Crippen LogP contribution is 2.34. The molecule has 0 radical (unpaired) electrons. The van der Waals surface area contributed by atoms with Crippen molar-refractivity contribution in [1.29, 1.82) is 0 Å². The number of carbonyl (C=O) groups is 1. The second kappa shape index (κ2) is 7.57. The van der Waals surface area contributed by atoms with Crippen molar-refractivity contribution in [2.75, 3.05) is 24.7 Å². The zero-order valence-corrected chi connectivity index (χ0v) is 14.7. The minimum Gasteiger partial charge on any atom is -0.492 e. The monoisotopic (exact) mass is 340 g/mol. The summed E-state index contributed by atoms with van der Waals surface area (Å²) in [6, 6.07) is 13.6. The molecule has 1 heterocycles. The molecule has 5 nitrogen and oxygen atoms in total. The van der Waals surface area contributed by atoms with Crippen molar-refractivity contribution in [3.8, 4) is 11.5 Å². The number of aryl methyl sites for hydroxylation is 1. The molecule has 0 fully saturated rings. The van der Waals surface area contributed by atoms with Crippen LogP contribution in [0, 0.1) is 6.92 Å². The van der Waals surface area contributed by atoms with Crippen molar-refractivity contribution < 1.29 is 14.3 Å². The normalized spacial score (nSPS) is 14.7. The first kappa shape index (κ1) is 17.3. The van der Waals surface area contributed by atoms with Crippen molar-refractivity contribution in [3.05, 3.63) is 53.6 Å². The van der Waals surface area contributed by atoms with E-state index in [2.05, 4.69) is 0 Å².